The average Bonchev–Trinajstić information content (AvgIpc) is 2.73. The molecule has 10 nitrogen and oxygen atoms in total. The van der Waals surface area contributed by atoms with Gasteiger partial charge in [-0.05, 0) is 36.4 Å². The van der Waals surface area contributed by atoms with E-state index in [0.717, 1.165) is 10.8 Å². The maximum atomic E-state index is 12.4. The molecule has 2 aromatic carbocycles. The number of halogens is 1. The standard InChI is InChI=1S/C18H14BrN5O5/c1-28-14-5-3-2-4-13(14)17(25)23-22-16-15(24(26)27)18(21-10-20-16)29-12-8-6-11(19)7-9-12/h2-10H,1H3,(H,23,25)(H,20,21,22). The minimum atomic E-state index is -0.703. The predicted octanol–water partition coefficient (Wildman–Crippen LogP) is 3.71. The van der Waals surface area contributed by atoms with E-state index in [1.54, 1.807) is 48.5 Å². The lowest BCUT2D eigenvalue weighted by atomic mass is 10.2. The zero-order chi connectivity index (χ0) is 20.8. The molecule has 148 valence electrons. The van der Waals surface area contributed by atoms with Crippen molar-refractivity contribution in [3.63, 3.8) is 0 Å². The topological polar surface area (TPSA) is 129 Å². The number of anilines is 1. The van der Waals surface area contributed by atoms with Crippen LogP contribution < -0.4 is 20.3 Å². The third-order valence-electron chi connectivity index (χ3n) is 3.65. The van der Waals surface area contributed by atoms with Crippen molar-refractivity contribution in [3.8, 4) is 17.4 Å². The van der Waals surface area contributed by atoms with Crippen molar-refractivity contribution in [2.75, 3.05) is 12.5 Å². The van der Waals surface area contributed by atoms with E-state index >= 15 is 0 Å². The van der Waals surface area contributed by atoms with Crippen LogP contribution in [0.3, 0.4) is 0 Å². The van der Waals surface area contributed by atoms with Gasteiger partial charge in [0.15, 0.2) is 0 Å². The highest BCUT2D eigenvalue weighted by Crippen LogP contribution is 2.34. The number of hydrazine groups is 1. The number of rotatable bonds is 7. The zero-order valence-electron chi connectivity index (χ0n) is 15.0. The molecule has 11 heteroatoms. The molecule has 3 aromatic rings. The van der Waals surface area contributed by atoms with Crippen LogP contribution in [0.15, 0.2) is 59.3 Å². The van der Waals surface area contributed by atoms with Crippen LogP contribution in [0.5, 0.6) is 17.4 Å². The number of amides is 1. The highest BCUT2D eigenvalue weighted by molar-refractivity contribution is 9.10. The number of methoxy groups -OCH3 is 1. The number of para-hydroxylation sites is 1. The average molecular weight is 460 g/mol. The number of aromatic nitrogens is 2. The number of hydrogen-bond donors (Lipinski definition) is 2. The molecular formula is C18H14BrN5O5. The van der Waals surface area contributed by atoms with Gasteiger partial charge >= 0.3 is 11.6 Å². The summed E-state index contributed by atoms with van der Waals surface area (Å²) in [5, 5.41) is 11.6. The van der Waals surface area contributed by atoms with Gasteiger partial charge < -0.3 is 9.47 Å². The zero-order valence-corrected chi connectivity index (χ0v) is 16.5. The van der Waals surface area contributed by atoms with Gasteiger partial charge in [-0.1, -0.05) is 28.1 Å². The van der Waals surface area contributed by atoms with Gasteiger partial charge in [0.2, 0.25) is 5.82 Å². The third kappa shape index (κ3) is 4.76. The molecule has 0 unspecified atom stereocenters. The predicted molar refractivity (Wildman–Crippen MR) is 107 cm³/mol. The number of carbonyl (C=O) groups is 1. The summed E-state index contributed by atoms with van der Waals surface area (Å²) in [6, 6.07) is 13.2. The molecule has 0 saturated heterocycles. The van der Waals surface area contributed by atoms with E-state index in [9.17, 15) is 14.9 Å². The lowest BCUT2D eigenvalue weighted by Gasteiger charge is -2.11. The van der Waals surface area contributed by atoms with Gasteiger partial charge in [-0.2, -0.15) is 4.98 Å². The fraction of sp³-hybridized carbons (Fsp3) is 0.0556. The Morgan fingerprint density at radius 1 is 1.14 bits per heavy atom. The summed E-state index contributed by atoms with van der Waals surface area (Å²) in [5.74, 6) is -0.380. The first kappa shape index (κ1) is 20.0. The first-order valence-electron chi connectivity index (χ1n) is 8.11. The summed E-state index contributed by atoms with van der Waals surface area (Å²) in [7, 11) is 1.43. The second kappa shape index (κ2) is 8.97. The van der Waals surface area contributed by atoms with Gasteiger partial charge in [-0.3, -0.25) is 25.8 Å². The first-order chi connectivity index (χ1) is 14.0. The van der Waals surface area contributed by atoms with Gasteiger partial charge in [0.1, 0.15) is 17.8 Å². The van der Waals surface area contributed by atoms with E-state index in [1.807, 2.05) is 0 Å². The molecule has 0 bridgehead atoms. The van der Waals surface area contributed by atoms with E-state index in [-0.39, 0.29) is 17.3 Å². The van der Waals surface area contributed by atoms with E-state index in [1.165, 1.54) is 7.11 Å². The minimum absolute atomic E-state index is 0.236. The summed E-state index contributed by atoms with van der Waals surface area (Å²) in [5.41, 5.74) is 4.51. The molecule has 0 radical (unpaired) electrons. The molecule has 1 heterocycles. The van der Waals surface area contributed by atoms with Gasteiger partial charge in [-0.25, -0.2) is 4.98 Å². The van der Waals surface area contributed by atoms with Gasteiger partial charge in [0.25, 0.3) is 5.91 Å². The van der Waals surface area contributed by atoms with Crippen molar-refractivity contribution in [1.82, 2.24) is 15.4 Å². The van der Waals surface area contributed by atoms with E-state index in [0.29, 0.717) is 11.5 Å². The smallest absolute Gasteiger partial charge is 0.374 e. The van der Waals surface area contributed by atoms with Gasteiger partial charge in [0.05, 0.1) is 17.6 Å². The number of nitrogens with one attached hydrogen (secondary N) is 2. The molecule has 1 amide bonds. The molecule has 0 saturated carbocycles. The molecule has 3 rings (SSSR count). The maximum absolute atomic E-state index is 12.4. The van der Waals surface area contributed by atoms with Crippen molar-refractivity contribution in [3.05, 3.63) is 75.0 Å². The summed E-state index contributed by atoms with van der Waals surface area (Å²) >= 11 is 3.30. The van der Waals surface area contributed by atoms with E-state index in [2.05, 4.69) is 36.7 Å². The third-order valence-corrected chi connectivity index (χ3v) is 4.17. The number of carbonyl (C=O) groups excluding carboxylic acids is 1. The molecule has 0 aliphatic heterocycles. The Balaban J connectivity index is 1.83. The van der Waals surface area contributed by atoms with Crippen LogP contribution in [0.25, 0.3) is 0 Å². The summed E-state index contributed by atoms with van der Waals surface area (Å²) in [6.07, 6.45) is 1.08. The van der Waals surface area contributed by atoms with Crippen LogP contribution in [-0.2, 0) is 0 Å². The number of ether oxygens (including phenoxy) is 2. The quantitative estimate of drug-likeness (QED) is 0.404. The van der Waals surface area contributed by atoms with Crippen molar-refractivity contribution in [2.45, 2.75) is 0 Å². The molecule has 29 heavy (non-hydrogen) atoms. The van der Waals surface area contributed by atoms with Crippen LogP contribution in [0.2, 0.25) is 0 Å². The Bertz CT molecular complexity index is 1050. The van der Waals surface area contributed by atoms with Crippen molar-refractivity contribution in [2.24, 2.45) is 0 Å². The fourth-order valence-electron chi connectivity index (χ4n) is 2.32. The van der Waals surface area contributed by atoms with Gasteiger partial charge in [0, 0.05) is 4.47 Å². The van der Waals surface area contributed by atoms with Crippen LogP contribution >= 0.6 is 15.9 Å². The Morgan fingerprint density at radius 2 is 1.86 bits per heavy atom. The second-order valence-electron chi connectivity index (χ2n) is 5.47. The summed E-state index contributed by atoms with van der Waals surface area (Å²) in [4.78, 5) is 30.9. The summed E-state index contributed by atoms with van der Waals surface area (Å²) < 4.78 is 11.5. The summed E-state index contributed by atoms with van der Waals surface area (Å²) in [6.45, 7) is 0. The highest BCUT2D eigenvalue weighted by atomic mass is 79.9. The second-order valence-corrected chi connectivity index (χ2v) is 6.38. The fourth-order valence-corrected chi connectivity index (χ4v) is 2.59. The van der Waals surface area contributed by atoms with E-state index < -0.39 is 16.5 Å². The van der Waals surface area contributed by atoms with Crippen molar-refractivity contribution in [1.29, 1.82) is 0 Å². The van der Waals surface area contributed by atoms with Crippen molar-refractivity contribution >= 4 is 33.3 Å². The maximum Gasteiger partial charge on any atom is 0.374 e. The van der Waals surface area contributed by atoms with Crippen LogP contribution in [0, 0.1) is 10.1 Å². The molecule has 1 aromatic heterocycles. The lowest BCUT2D eigenvalue weighted by Crippen LogP contribution is -2.30. The molecule has 0 spiro atoms. The Kier molecular flexibility index (Phi) is 6.19. The lowest BCUT2D eigenvalue weighted by molar-refractivity contribution is -0.385. The van der Waals surface area contributed by atoms with E-state index in [4.69, 9.17) is 9.47 Å². The molecule has 0 atom stereocenters. The number of hydrogen-bond acceptors (Lipinski definition) is 8. The monoisotopic (exact) mass is 459 g/mol. The minimum Gasteiger partial charge on any atom is -0.496 e. The van der Waals surface area contributed by atoms with Crippen LogP contribution in [0.4, 0.5) is 11.5 Å². The largest absolute Gasteiger partial charge is 0.496 e. The first-order valence-corrected chi connectivity index (χ1v) is 8.91. The normalized spacial score (nSPS) is 10.1. The Hall–Kier alpha value is -3.73. The highest BCUT2D eigenvalue weighted by Gasteiger charge is 2.26. The molecular weight excluding hydrogens is 446 g/mol. The Labute approximate surface area is 173 Å². The SMILES string of the molecule is COc1ccccc1C(=O)NNc1ncnc(Oc2ccc(Br)cc2)c1[N+](=O)[O-]. The van der Waals surface area contributed by atoms with Crippen LogP contribution in [-0.4, -0.2) is 27.9 Å². The van der Waals surface area contributed by atoms with Gasteiger partial charge in [-0.15, -0.1) is 0 Å². The molecule has 0 aliphatic carbocycles. The van der Waals surface area contributed by atoms with Crippen molar-refractivity contribution < 1.29 is 19.2 Å². The molecule has 0 fully saturated rings. The van der Waals surface area contributed by atoms with Crippen LogP contribution in [0.1, 0.15) is 10.4 Å². The number of nitro groups is 1. The molecule has 2 N–H and O–H groups in total. The number of nitrogens with zero attached hydrogens (tertiary/aromatic N) is 3. The number of benzene rings is 2. The Morgan fingerprint density at radius 3 is 2.55 bits per heavy atom. The molecule has 0 aliphatic rings.